The molecule has 1 aliphatic carbocycles. The van der Waals surface area contributed by atoms with Crippen molar-refractivity contribution >= 4 is 46.0 Å². The first-order chi connectivity index (χ1) is 18.0. The number of likely N-dealkylation sites (tertiary alicyclic amines) is 1. The molecular weight excluding hydrogens is 490 g/mol. The highest BCUT2D eigenvalue weighted by Gasteiger charge is 2.50. The zero-order valence-electron chi connectivity index (χ0n) is 20.5. The number of rotatable bonds is 5. The van der Waals surface area contributed by atoms with Crippen LogP contribution in [0.15, 0.2) is 49.1 Å². The van der Waals surface area contributed by atoms with E-state index >= 15 is 0 Å². The van der Waals surface area contributed by atoms with Crippen molar-refractivity contribution in [2.45, 2.75) is 25.3 Å². The molecular formula is C27H29N5O4S. The van der Waals surface area contributed by atoms with Gasteiger partial charge in [-0.25, -0.2) is 4.98 Å². The average Bonchev–Trinajstić information content (AvgIpc) is 3.64. The maximum Gasteiger partial charge on any atom is 0.268 e. The Morgan fingerprint density at radius 3 is 2.59 bits per heavy atom. The van der Waals surface area contributed by atoms with Gasteiger partial charge in [0.25, 0.3) is 11.8 Å². The largest absolute Gasteiger partial charge is 0.378 e. The van der Waals surface area contributed by atoms with Crippen LogP contribution in [0.5, 0.6) is 0 Å². The predicted octanol–water partition coefficient (Wildman–Crippen LogP) is 3.56. The minimum Gasteiger partial charge on any atom is -0.378 e. The third-order valence-corrected chi connectivity index (χ3v) is 8.86. The second kappa shape index (κ2) is 9.42. The number of hydrogen-bond donors (Lipinski definition) is 1. The molecule has 2 aromatic heterocycles. The highest BCUT2D eigenvalue weighted by atomic mass is 32.1. The monoisotopic (exact) mass is 519 g/mol. The molecule has 3 aliphatic rings. The van der Waals surface area contributed by atoms with Crippen LogP contribution in [0.3, 0.4) is 0 Å². The second-order valence-electron chi connectivity index (χ2n) is 10.1. The van der Waals surface area contributed by atoms with E-state index in [0.717, 1.165) is 43.4 Å². The third kappa shape index (κ3) is 4.34. The molecule has 1 saturated carbocycles. The van der Waals surface area contributed by atoms with E-state index in [1.54, 1.807) is 17.0 Å². The molecule has 2 aliphatic heterocycles. The molecule has 3 amide bonds. The van der Waals surface area contributed by atoms with E-state index in [0.29, 0.717) is 42.0 Å². The number of morpholine rings is 1. The van der Waals surface area contributed by atoms with Crippen molar-refractivity contribution in [3.63, 3.8) is 0 Å². The number of para-hydroxylation sites is 2. The Morgan fingerprint density at radius 1 is 1.05 bits per heavy atom. The van der Waals surface area contributed by atoms with E-state index in [4.69, 9.17) is 9.72 Å². The number of aromatic nitrogens is 2. The summed E-state index contributed by atoms with van der Waals surface area (Å²) in [7, 11) is 0. The number of fused-ring (bicyclic) bond motifs is 1. The zero-order valence-corrected chi connectivity index (χ0v) is 21.3. The number of carbonyl (C=O) groups is 3. The number of nitrogens with one attached hydrogen (secondary N) is 1. The maximum absolute atomic E-state index is 13.2. The van der Waals surface area contributed by atoms with Gasteiger partial charge in [0.2, 0.25) is 11.9 Å². The summed E-state index contributed by atoms with van der Waals surface area (Å²) >= 11 is 1.20. The van der Waals surface area contributed by atoms with Crippen molar-refractivity contribution in [3.8, 4) is 0 Å². The van der Waals surface area contributed by atoms with Crippen LogP contribution in [-0.4, -0.2) is 76.5 Å². The fourth-order valence-electron chi connectivity index (χ4n) is 5.87. The lowest BCUT2D eigenvalue weighted by Gasteiger charge is -2.46. The number of nitrogens with zero attached hydrogens (tertiary/aromatic N) is 4. The normalized spacial score (nSPS) is 23.3. The smallest absolute Gasteiger partial charge is 0.268 e. The molecule has 3 fully saturated rings. The number of ether oxygens (including phenoxy) is 1. The molecule has 1 spiro atoms. The van der Waals surface area contributed by atoms with Gasteiger partial charge >= 0.3 is 0 Å². The van der Waals surface area contributed by atoms with Crippen molar-refractivity contribution in [2.24, 2.45) is 5.41 Å². The number of amides is 3. The molecule has 0 atom stereocenters. The van der Waals surface area contributed by atoms with Crippen LogP contribution in [0.4, 0.5) is 5.95 Å². The Kier molecular flexibility index (Phi) is 6.08. The van der Waals surface area contributed by atoms with Crippen LogP contribution < -0.4 is 5.32 Å². The SMILES string of the molecule is C=CC(=O)N1CC[C@]2(C1)C[C@H](n1c(NC(=O)c3ccc(C(=O)N4CCOCC4)s3)nc3ccccc31)C2. The van der Waals surface area contributed by atoms with Gasteiger partial charge in [-0.2, -0.15) is 0 Å². The Morgan fingerprint density at radius 2 is 1.81 bits per heavy atom. The highest BCUT2D eigenvalue weighted by molar-refractivity contribution is 7.16. The molecule has 10 heteroatoms. The molecule has 0 unspecified atom stereocenters. The van der Waals surface area contributed by atoms with Gasteiger partial charge in [0.1, 0.15) is 0 Å². The Bertz CT molecular complexity index is 1380. The van der Waals surface area contributed by atoms with Crippen molar-refractivity contribution < 1.29 is 19.1 Å². The zero-order chi connectivity index (χ0) is 25.6. The number of carbonyl (C=O) groups excluding carboxylic acids is 3. The van der Waals surface area contributed by atoms with Crippen molar-refractivity contribution in [1.82, 2.24) is 19.4 Å². The van der Waals surface area contributed by atoms with E-state index < -0.39 is 0 Å². The summed E-state index contributed by atoms with van der Waals surface area (Å²) in [5.41, 5.74) is 1.91. The summed E-state index contributed by atoms with van der Waals surface area (Å²) in [6, 6.07) is 11.5. The van der Waals surface area contributed by atoms with E-state index in [-0.39, 0.29) is 29.2 Å². The van der Waals surface area contributed by atoms with E-state index in [1.807, 2.05) is 29.2 Å². The molecule has 0 bridgehead atoms. The average molecular weight is 520 g/mol. The standard InChI is InChI=1S/C27H29N5O4S/c1-2-23(33)31-10-9-27(17-31)15-18(16-27)32-20-6-4-3-5-19(20)28-26(32)29-24(34)21-7-8-22(37-21)25(35)30-11-13-36-14-12-30/h2-8,18H,1,9-17H2,(H,28,29,34)/t18-,27-. The van der Waals surface area contributed by atoms with Gasteiger partial charge in [-0.05, 0) is 55.0 Å². The summed E-state index contributed by atoms with van der Waals surface area (Å²) in [6.45, 7) is 7.31. The lowest BCUT2D eigenvalue weighted by Crippen LogP contribution is -2.42. The third-order valence-electron chi connectivity index (χ3n) is 7.79. The quantitative estimate of drug-likeness (QED) is 0.520. The van der Waals surface area contributed by atoms with Crippen LogP contribution >= 0.6 is 11.3 Å². The summed E-state index contributed by atoms with van der Waals surface area (Å²) < 4.78 is 7.46. The van der Waals surface area contributed by atoms with Gasteiger partial charge in [-0.1, -0.05) is 18.7 Å². The van der Waals surface area contributed by atoms with Crippen LogP contribution in [-0.2, 0) is 9.53 Å². The van der Waals surface area contributed by atoms with Crippen LogP contribution in [0.2, 0.25) is 0 Å². The number of thiophene rings is 1. The molecule has 4 heterocycles. The second-order valence-corrected chi connectivity index (χ2v) is 11.2. The molecule has 2 saturated heterocycles. The first kappa shape index (κ1) is 23.9. The van der Waals surface area contributed by atoms with Crippen LogP contribution in [0.1, 0.15) is 44.6 Å². The molecule has 9 nitrogen and oxygen atoms in total. The minimum atomic E-state index is -0.278. The van der Waals surface area contributed by atoms with Gasteiger partial charge in [-0.3, -0.25) is 19.7 Å². The molecule has 3 aromatic rings. The van der Waals surface area contributed by atoms with Crippen molar-refractivity contribution in [1.29, 1.82) is 0 Å². The fourth-order valence-corrected chi connectivity index (χ4v) is 6.74. The number of hydrogen-bond acceptors (Lipinski definition) is 6. The number of benzene rings is 1. The number of imidazole rings is 1. The molecule has 192 valence electrons. The Balaban J connectivity index is 1.20. The van der Waals surface area contributed by atoms with E-state index in [1.165, 1.54) is 17.4 Å². The van der Waals surface area contributed by atoms with E-state index in [9.17, 15) is 14.4 Å². The topological polar surface area (TPSA) is 96.8 Å². The maximum atomic E-state index is 13.2. The van der Waals surface area contributed by atoms with Gasteiger partial charge in [0.15, 0.2) is 0 Å². The van der Waals surface area contributed by atoms with E-state index in [2.05, 4.69) is 16.5 Å². The summed E-state index contributed by atoms with van der Waals surface area (Å²) in [5, 5.41) is 3.01. The van der Waals surface area contributed by atoms with Gasteiger partial charge < -0.3 is 19.1 Å². The Labute approximate surface area is 218 Å². The summed E-state index contributed by atoms with van der Waals surface area (Å²) in [4.78, 5) is 47.5. The van der Waals surface area contributed by atoms with Crippen molar-refractivity contribution in [2.75, 3.05) is 44.7 Å². The fraction of sp³-hybridized carbons (Fsp3) is 0.407. The van der Waals surface area contributed by atoms with Crippen molar-refractivity contribution in [3.05, 3.63) is 58.8 Å². The molecule has 0 radical (unpaired) electrons. The predicted molar refractivity (Wildman–Crippen MR) is 141 cm³/mol. The van der Waals surface area contributed by atoms with Gasteiger partial charge in [0, 0.05) is 32.2 Å². The molecule has 1 aromatic carbocycles. The minimum absolute atomic E-state index is 0.0104. The number of anilines is 1. The first-order valence-electron chi connectivity index (χ1n) is 12.6. The summed E-state index contributed by atoms with van der Waals surface area (Å²) in [5.74, 6) is 0.154. The lowest BCUT2D eigenvalue weighted by molar-refractivity contribution is -0.125. The first-order valence-corrected chi connectivity index (χ1v) is 13.4. The lowest BCUT2D eigenvalue weighted by atomic mass is 9.65. The molecule has 1 N–H and O–H groups in total. The van der Waals surface area contributed by atoms with Gasteiger partial charge in [-0.15, -0.1) is 11.3 Å². The van der Waals surface area contributed by atoms with Gasteiger partial charge in [0.05, 0.1) is 34.0 Å². The highest BCUT2D eigenvalue weighted by Crippen LogP contribution is 2.55. The van der Waals surface area contributed by atoms with Crippen LogP contribution in [0, 0.1) is 5.41 Å². The summed E-state index contributed by atoms with van der Waals surface area (Å²) in [6.07, 6.45) is 4.21. The molecule has 37 heavy (non-hydrogen) atoms. The van der Waals surface area contributed by atoms with Crippen LogP contribution in [0.25, 0.3) is 11.0 Å². The Hall–Kier alpha value is -3.50. The molecule has 6 rings (SSSR count).